The Morgan fingerprint density at radius 3 is 1.41 bits per heavy atom. The minimum Gasteiger partial charge on any atom is -0.454 e. The van der Waals surface area contributed by atoms with Gasteiger partial charge in [0.15, 0.2) is 12.4 Å². The second-order valence-corrected chi connectivity index (χ2v) is 22.2. The molecule has 0 aromatic heterocycles. The smallest absolute Gasteiger partial charge is 0.306 e. The van der Waals surface area contributed by atoms with Gasteiger partial charge < -0.3 is 45.1 Å². The number of esters is 1. The van der Waals surface area contributed by atoms with Crippen LogP contribution in [0.4, 0.5) is 0 Å². The lowest BCUT2D eigenvalue weighted by Gasteiger charge is -2.41. The lowest BCUT2D eigenvalue weighted by molar-refractivity contribution is -0.305. The van der Waals surface area contributed by atoms with Gasteiger partial charge in [-0.25, -0.2) is 0 Å². The van der Waals surface area contributed by atoms with E-state index in [0.29, 0.717) is 19.3 Å². The van der Waals surface area contributed by atoms with Crippen LogP contribution in [0.1, 0.15) is 290 Å². The fourth-order valence-electron chi connectivity index (χ4n) is 10.0. The van der Waals surface area contributed by atoms with Crippen LogP contribution in [0, 0.1) is 0 Å². The van der Waals surface area contributed by atoms with Crippen molar-refractivity contribution < 1.29 is 49.3 Å². The van der Waals surface area contributed by atoms with Gasteiger partial charge in [-0.3, -0.25) is 9.59 Å². The number of amides is 1. The third kappa shape index (κ3) is 40.8. The Labute approximate surface area is 466 Å². The number of unbranched alkanes of at least 4 members (excludes halogenated alkanes) is 36. The Bertz CT molecular complexity index is 1420. The highest BCUT2D eigenvalue weighted by Crippen LogP contribution is 2.26. The molecule has 8 atom stereocenters. The number of carbonyl (C=O) groups is 2. The zero-order valence-electron chi connectivity index (χ0n) is 49.1. The van der Waals surface area contributed by atoms with Crippen molar-refractivity contribution in [3.8, 4) is 0 Å². The molecule has 1 aliphatic rings. The molecule has 0 bridgehead atoms. The van der Waals surface area contributed by atoms with E-state index in [4.69, 9.17) is 14.2 Å². The summed E-state index contributed by atoms with van der Waals surface area (Å²) in [5, 5.41) is 57.0. The molecule has 444 valence electrons. The summed E-state index contributed by atoms with van der Waals surface area (Å²) in [6.07, 6.45) is 54.5. The molecule has 0 saturated carbocycles. The maximum atomic E-state index is 13.4. The molecule has 6 N–H and O–H groups in total. The normalized spacial score (nSPS) is 19.4. The Balaban J connectivity index is 2.62. The van der Waals surface area contributed by atoms with E-state index in [2.05, 4.69) is 44.3 Å². The molecule has 11 heteroatoms. The molecule has 0 spiro atoms. The highest BCUT2D eigenvalue weighted by atomic mass is 16.7. The molecular formula is C65H119NO10. The van der Waals surface area contributed by atoms with Gasteiger partial charge in [-0.1, -0.05) is 288 Å². The minimum atomic E-state index is -1.62. The third-order valence-corrected chi connectivity index (χ3v) is 15.1. The van der Waals surface area contributed by atoms with Crippen molar-refractivity contribution in [2.75, 3.05) is 13.2 Å². The second-order valence-electron chi connectivity index (χ2n) is 22.2. The van der Waals surface area contributed by atoms with Gasteiger partial charge in [-0.05, 0) is 44.9 Å². The van der Waals surface area contributed by atoms with Crippen LogP contribution in [0.3, 0.4) is 0 Å². The summed E-state index contributed by atoms with van der Waals surface area (Å²) < 4.78 is 17.6. The summed E-state index contributed by atoms with van der Waals surface area (Å²) in [5.41, 5.74) is 0. The molecular weight excluding hydrogens is 955 g/mol. The first-order valence-corrected chi connectivity index (χ1v) is 31.9. The zero-order chi connectivity index (χ0) is 55.4. The number of carbonyl (C=O) groups excluding carboxylic acids is 2. The van der Waals surface area contributed by atoms with Crippen molar-refractivity contribution in [2.45, 2.75) is 339 Å². The lowest BCUT2D eigenvalue weighted by Crippen LogP contribution is -2.61. The van der Waals surface area contributed by atoms with Crippen LogP contribution in [-0.2, 0) is 23.8 Å². The number of nitrogens with one attached hydrogen (secondary N) is 1. The summed E-state index contributed by atoms with van der Waals surface area (Å²) in [6.45, 7) is 5.66. The first-order valence-electron chi connectivity index (χ1n) is 31.9. The van der Waals surface area contributed by atoms with E-state index in [1.807, 2.05) is 24.3 Å². The molecule has 1 fully saturated rings. The first-order chi connectivity index (χ1) is 37.2. The zero-order valence-corrected chi connectivity index (χ0v) is 49.1. The van der Waals surface area contributed by atoms with E-state index in [1.165, 1.54) is 167 Å². The lowest BCUT2D eigenvalue weighted by atomic mass is 9.99. The van der Waals surface area contributed by atoms with Crippen LogP contribution in [0.15, 0.2) is 48.6 Å². The van der Waals surface area contributed by atoms with Crippen LogP contribution < -0.4 is 5.32 Å². The van der Waals surface area contributed by atoms with Crippen molar-refractivity contribution in [2.24, 2.45) is 0 Å². The Morgan fingerprint density at radius 1 is 0.526 bits per heavy atom. The number of hydrogen-bond donors (Lipinski definition) is 6. The molecule has 1 saturated heterocycles. The monoisotopic (exact) mass is 1070 g/mol. The topological polar surface area (TPSA) is 175 Å². The summed E-state index contributed by atoms with van der Waals surface area (Å²) in [4.78, 5) is 26.5. The fraction of sp³-hybridized carbons (Fsp3) is 0.846. The standard InChI is InChI=1S/C65H119NO10/c1-4-7-10-13-16-19-22-25-26-27-28-29-30-31-32-33-35-37-40-43-46-49-52-58(69)64(73)66-56(57(68)51-48-45-42-39-36-24-21-18-15-12-9-6-3)55-74-65-63(62(72)61(71)59(54-67)75-65)76-60(70)53-50-47-44-41-38-34-23-20-17-14-11-8-5-2/h8,11,14,17,20,23,48,51,56-59,61-63,65,67-69,71-72H,4-7,9-10,12-13,15-16,18-19,21-22,24-47,49-50,52-55H2,1-3H3,(H,66,73)/b11-8+,17-14+,23-20-,51-48+. The molecule has 0 aliphatic carbocycles. The Morgan fingerprint density at radius 2 is 0.947 bits per heavy atom. The fourth-order valence-corrected chi connectivity index (χ4v) is 10.0. The molecule has 11 nitrogen and oxygen atoms in total. The van der Waals surface area contributed by atoms with Gasteiger partial charge in [0.2, 0.25) is 5.91 Å². The average Bonchev–Trinajstić information content (AvgIpc) is 3.42. The van der Waals surface area contributed by atoms with E-state index < -0.39 is 67.4 Å². The van der Waals surface area contributed by atoms with Crippen LogP contribution in [0.2, 0.25) is 0 Å². The second kappa shape index (κ2) is 53.3. The predicted molar refractivity (Wildman–Crippen MR) is 315 cm³/mol. The molecule has 1 aliphatic heterocycles. The quantitative estimate of drug-likeness (QED) is 0.0149. The van der Waals surface area contributed by atoms with Crippen molar-refractivity contribution in [3.05, 3.63) is 48.6 Å². The number of aliphatic hydroxyl groups is 5. The van der Waals surface area contributed by atoms with Gasteiger partial charge in [0, 0.05) is 6.42 Å². The van der Waals surface area contributed by atoms with E-state index in [9.17, 15) is 35.1 Å². The van der Waals surface area contributed by atoms with Crippen molar-refractivity contribution >= 4 is 11.9 Å². The van der Waals surface area contributed by atoms with Gasteiger partial charge >= 0.3 is 5.97 Å². The molecule has 76 heavy (non-hydrogen) atoms. The van der Waals surface area contributed by atoms with Crippen LogP contribution in [0.25, 0.3) is 0 Å². The average molecular weight is 1070 g/mol. The van der Waals surface area contributed by atoms with E-state index in [-0.39, 0.29) is 13.0 Å². The van der Waals surface area contributed by atoms with Gasteiger partial charge in [0.25, 0.3) is 0 Å². The van der Waals surface area contributed by atoms with E-state index in [0.717, 1.165) is 77.0 Å². The van der Waals surface area contributed by atoms with Gasteiger partial charge in [0.05, 0.1) is 25.4 Å². The molecule has 1 rings (SSSR count). The molecule has 1 heterocycles. The Kier molecular flexibility index (Phi) is 50.2. The molecule has 1 amide bonds. The largest absolute Gasteiger partial charge is 0.454 e. The Hall–Kier alpha value is -2.38. The van der Waals surface area contributed by atoms with Crippen molar-refractivity contribution in [1.29, 1.82) is 0 Å². The predicted octanol–water partition coefficient (Wildman–Crippen LogP) is 15.2. The summed E-state index contributed by atoms with van der Waals surface area (Å²) in [7, 11) is 0. The first kappa shape index (κ1) is 71.6. The number of aliphatic hydroxyl groups excluding tert-OH is 5. The number of ether oxygens (including phenoxy) is 3. The summed E-state index contributed by atoms with van der Waals surface area (Å²) >= 11 is 0. The van der Waals surface area contributed by atoms with E-state index >= 15 is 0 Å². The van der Waals surface area contributed by atoms with Gasteiger partial charge in [-0.15, -0.1) is 0 Å². The third-order valence-electron chi connectivity index (χ3n) is 15.1. The van der Waals surface area contributed by atoms with Crippen LogP contribution >= 0.6 is 0 Å². The summed E-state index contributed by atoms with van der Waals surface area (Å²) in [6, 6.07) is -1.03. The van der Waals surface area contributed by atoms with Crippen molar-refractivity contribution in [1.82, 2.24) is 5.32 Å². The minimum absolute atomic E-state index is 0.101. The van der Waals surface area contributed by atoms with E-state index in [1.54, 1.807) is 6.08 Å². The highest BCUT2D eigenvalue weighted by Gasteiger charge is 2.47. The number of rotatable bonds is 54. The molecule has 0 radical (unpaired) electrons. The molecule has 8 unspecified atom stereocenters. The van der Waals surface area contributed by atoms with Crippen LogP contribution in [-0.4, -0.2) is 99.6 Å². The molecule has 0 aromatic carbocycles. The van der Waals surface area contributed by atoms with Gasteiger partial charge in [0.1, 0.15) is 24.4 Å². The van der Waals surface area contributed by atoms with Crippen LogP contribution in [0.5, 0.6) is 0 Å². The number of allylic oxidation sites excluding steroid dienone is 7. The molecule has 0 aromatic rings. The highest BCUT2D eigenvalue weighted by molar-refractivity contribution is 5.80. The summed E-state index contributed by atoms with van der Waals surface area (Å²) in [5.74, 6) is -1.21. The maximum absolute atomic E-state index is 13.4. The maximum Gasteiger partial charge on any atom is 0.306 e. The van der Waals surface area contributed by atoms with Crippen molar-refractivity contribution in [3.63, 3.8) is 0 Å². The van der Waals surface area contributed by atoms with Gasteiger partial charge in [-0.2, -0.15) is 0 Å². The number of hydrogen-bond acceptors (Lipinski definition) is 10. The SMILES string of the molecule is CC/C=C/C=C/C=C\CCCCCCCC(=O)OC1C(OCC(NC(=O)C(O)CCCCCCCCCCCCCCCCCCCCCCCC)C(O)/C=C/CCCCCCCCCCCC)OC(CO)C(O)C1O.